The van der Waals surface area contributed by atoms with E-state index >= 15 is 0 Å². The maximum Gasteiger partial charge on any atom is 0.253 e. The van der Waals surface area contributed by atoms with Crippen molar-refractivity contribution in [3.05, 3.63) is 108 Å². The molecule has 1 atom stereocenters. The van der Waals surface area contributed by atoms with Gasteiger partial charge >= 0.3 is 0 Å². The summed E-state index contributed by atoms with van der Waals surface area (Å²) >= 11 is 0. The number of nitrogens with zero attached hydrogens (tertiary/aromatic N) is 3. The zero-order valence-corrected chi connectivity index (χ0v) is 19.8. The van der Waals surface area contributed by atoms with Crippen LogP contribution in [0, 0.1) is 12.7 Å². The molecule has 2 aromatic heterocycles. The molecule has 0 saturated carbocycles. The highest BCUT2D eigenvalue weighted by molar-refractivity contribution is 6.01. The van der Waals surface area contributed by atoms with E-state index in [2.05, 4.69) is 39.7 Å². The summed E-state index contributed by atoms with van der Waals surface area (Å²) in [5.41, 5.74) is 4.81. The molecule has 0 fully saturated rings. The van der Waals surface area contributed by atoms with Gasteiger partial charge in [-0.1, -0.05) is 42.5 Å². The monoisotopic (exact) mass is 464 g/mol. The fourth-order valence-electron chi connectivity index (χ4n) is 4.31. The van der Waals surface area contributed by atoms with Crippen molar-refractivity contribution in [1.82, 2.24) is 20.1 Å². The van der Waals surface area contributed by atoms with Gasteiger partial charge in [0.05, 0.1) is 23.5 Å². The summed E-state index contributed by atoms with van der Waals surface area (Å²) in [6.07, 6.45) is 5.16. The number of halogens is 1. The summed E-state index contributed by atoms with van der Waals surface area (Å²) in [4.78, 5) is 18.2. The number of pyridine rings is 1. The van der Waals surface area contributed by atoms with Crippen LogP contribution in [0.25, 0.3) is 33.2 Å². The first-order valence-electron chi connectivity index (χ1n) is 11.4. The number of carbonyl (C=O) groups is 1. The third kappa shape index (κ3) is 4.68. The molecule has 0 bridgehead atoms. The molecule has 5 rings (SSSR count). The van der Waals surface area contributed by atoms with Crippen LogP contribution in [-0.2, 0) is 7.05 Å². The van der Waals surface area contributed by atoms with Crippen molar-refractivity contribution >= 4 is 16.7 Å². The normalized spacial score (nSPS) is 12.0. The first kappa shape index (κ1) is 22.5. The van der Waals surface area contributed by atoms with Gasteiger partial charge in [0, 0.05) is 30.6 Å². The van der Waals surface area contributed by atoms with Crippen molar-refractivity contribution in [1.29, 1.82) is 0 Å². The van der Waals surface area contributed by atoms with E-state index < -0.39 is 0 Å². The first-order valence-corrected chi connectivity index (χ1v) is 11.4. The lowest BCUT2D eigenvalue weighted by Gasteiger charge is -2.17. The quantitative estimate of drug-likeness (QED) is 0.335. The van der Waals surface area contributed by atoms with Crippen LogP contribution in [-0.4, -0.2) is 20.7 Å². The smallest absolute Gasteiger partial charge is 0.253 e. The van der Waals surface area contributed by atoms with E-state index in [-0.39, 0.29) is 17.8 Å². The summed E-state index contributed by atoms with van der Waals surface area (Å²) in [5, 5.41) is 9.61. The van der Waals surface area contributed by atoms with E-state index in [0.29, 0.717) is 22.4 Å². The van der Waals surface area contributed by atoms with Crippen LogP contribution in [0.4, 0.5) is 4.39 Å². The van der Waals surface area contributed by atoms with E-state index in [9.17, 15) is 9.18 Å². The van der Waals surface area contributed by atoms with Crippen molar-refractivity contribution in [2.24, 2.45) is 7.05 Å². The van der Waals surface area contributed by atoms with E-state index in [1.807, 2.05) is 51.4 Å². The standard InChI is InChI=1S/C29H25FN4O/c1-18-10-23(13-26(30)11-18)24-14-27(28(31-15-24)25-16-32-34(3)17-25)29(35)33-19(2)21-9-8-20-6-4-5-7-22(20)12-21/h4-17,19H,1-3H3,(H,33,35). The Labute approximate surface area is 203 Å². The van der Waals surface area contributed by atoms with E-state index in [1.54, 1.807) is 23.1 Å². The molecule has 2 heterocycles. The van der Waals surface area contributed by atoms with Crippen molar-refractivity contribution in [2.45, 2.75) is 19.9 Å². The van der Waals surface area contributed by atoms with Gasteiger partial charge < -0.3 is 5.32 Å². The zero-order chi connectivity index (χ0) is 24.5. The van der Waals surface area contributed by atoms with Crippen LogP contribution in [0.15, 0.2) is 85.3 Å². The van der Waals surface area contributed by atoms with Gasteiger partial charge in [-0.2, -0.15) is 5.10 Å². The van der Waals surface area contributed by atoms with Gasteiger partial charge in [0.1, 0.15) is 5.82 Å². The lowest BCUT2D eigenvalue weighted by molar-refractivity contribution is 0.0940. The summed E-state index contributed by atoms with van der Waals surface area (Å²) in [7, 11) is 1.81. The molecular formula is C29H25FN4O. The minimum absolute atomic E-state index is 0.228. The number of carbonyl (C=O) groups excluding carboxylic acids is 1. The van der Waals surface area contributed by atoms with Crippen molar-refractivity contribution in [3.8, 4) is 22.4 Å². The Balaban J connectivity index is 1.52. The number of aromatic nitrogens is 3. The second-order valence-electron chi connectivity index (χ2n) is 8.84. The SMILES string of the molecule is Cc1cc(F)cc(-c2cnc(-c3cnn(C)c3)c(C(=O)NC(C)c3ccc4ccccc4c3)c2)c1. The Morgan fingerprint density at radius 2 is 1.74 bits per heavy atom. The highest BCUT2D eigenvalue weighted by Crippen LogP contribution is 2.29. The molecule has 1 unspecified atom stereocenters. The predicted octanol–water partition coefficient (Wildman–Crippen LogP) is 6.24. The van der Waals surface area contributed by atoms with E-state index in [0.717, 1.165) is 27.5 Å². The topological polar surface area (TPSA) is 59.8 Å². The van der Waals surface area contributed by atoms with Crippen LogP contribution >= 0.6 is 0 Å². The van der Waals surface area contributed by atoms with E-state index in [4.69, 9.17) is 0 Å². The molecule has 3 aromatic carbocycles. The number of nitrogens with one attached hydrogen (secondary N) is 1. The van der Waals surface area contributed by atoms with Gasteiger partial charge in [-0.3, -0.25) is 14.5 Å². The van der Waals surface area contributed by atoms with Gasteiger partial charge in [-0.05, 0) is 65.6 Å². The zero-order valence-electron chi connectivity index (χ0n) is 19.8. The molecule has 1 N–H and O–H groups in total. The maximum absolute atomic E-state index is 14.1. The number of aryl methyl sites for hydroxylation is 2. The maximum atomic E-state index is 14.1. The molecule has 0 aliphatic carbocycles. The number of hydrogen-bond donors (Lipinski definition) is 1. The molecule has 5 nitrogen and oxygen atoms in total. The van der Waals surface area contributed by atoms with Gasteiger partial charge in [0.15, 0.2) is 0 Å². The number of benzene rings is 3. The number of amides is 1. The Morgan fingerprint density at radius 1 is 0.943 bits per heavy atom. The fourth-order valence-corrected chi connectivity index (χ4v) is 4.31. The Morgan fingerprint density at radius 3 is 2.49 bits per heavy atom. The van der Waals surface area contributed by atoms with Crippen LogP contribution in [0.2, 0.25) is 0 Å². The summed E-state index contributed by atoms with van der Waals surface area (Å²) in [5.74, 6) is -0.584. The highest BCUT2D eigenvalue weighted by atomic mass is 19.1. The van der Waals surface area contributed by atoms with Crippen LogP contribution in [0.3, 0.4) is 0 Å². The third-order valence-corrected chi connectivity index (χ3v) is 6.11. The first-order chi connectivity index (χ1) is 16.9. The lowest BCUT2D eigenvalue weighted by atomic mass is 9.99. The highest BCUT2D eigenvalue weighted by Gasteiger charge is 2.20. The van der Waals surface area contributed by atoms with Crippen LogP contribution < -0.4 is 5.32 Å². The van der Waals surface area contributed by atoms with Gasteiger partial charge in [-0.15, -0.1) is 0 Å². The number of hydrogen-bond acceptors (Lipinski definition) is 3. The number of rotatable bonds is 5. The minimum atomic E-state index is -0.327. The molecule has 0 aliphatic heterocycles. The molecular weight excluding hydrogens is 439 g/mol. The van der Waals surface area contributed by atoms with Crippen molar-refractivity contribution in [3.63, 3.8) is 0 Å². The summed E-state index contributed by atoms with van der Waals surface area (Å²) in [6.45, 7) is 3.79. The molecule has 6 heteroatoms. The van der Waals surface area contributed by atoms with Crippen LogP contribution in [0.5, 0.6) is 0 Å². The Kier molecular flexibility index (Phi) is 5.87. The molecule has 0 radical (unpaired) electrons. The number of fused-ring (bicyclic) bond motifs is 1. The second-order valence-corrected chi connectivity index (χ2v) is 8.84. The Hall–Kier alpha value is -4.32. The molecule has 35 heavy (non-hydrogen) atoms. The fraction of sp³-hybridized carbons (Fsp3) is 0.138. The van der Waals surface area contributed by atoms with Gasteiger partial charge in [0.2, 0.25) is 0 Å². The Bertz CT molecular complexity index is 1540. The van der Waals surface area contributed by atoms with Gasteiger partial charge in [-0.25, -0.2) is 4.39 Å². The molecule has 174 valence electrons. The molecule has 0 aliphatic rings. The molecule has 1 amide bonds. The van der Waals surface area contributed by atoms with Crippen molar-refractivity contribution < 1.29 is 9.18 Å². The van der Waals surface area contributed by atoms with Gasteiger partial charge in [0.25, 0.3) is 5.91 Å². The molecule has 5 aromatic rings. The largest absolute Gasteiger partial charge is 0.345 e. The predicted molar refractivity (Wildman–Crippen MR) is 136 cm³/mol. The van der Waals surface area contributed by atoms with E-state index in [1.165, 1.54) is 12.1 Å². The second kappa shape index (κ2) is 9.14. The lowest BCUT2D eigenvalue weighted by Crippen LogP contribution is -2.27. The average molecular weight is 465 g/mol. The average Bonchev–Trinajstić information content (AvgIpc) is 3.28. The minimum Gasteiger partial charge on any atom is -0.345 e. The summed E-state index contributed by atoms with van der Waals surface area (Å²) in [6, 6.07) is 20.6. The molecule has 0 saturated heterocycles. The van der Waals surface area contributed by atoms with Crippen LogP contribution in [0.1, 0.15) is 34.5 Å². The third-order valence-electron chi connectivity index (χ3n) is 6.11. The van der Waals surface area contributed by atoms with Crippen molar-refractivity contribution in [2.75, 3.05) is 0 Å². The molecule has 0 spiro atoms. The summed E-state index contributed by atoms with van der Waals surface area (Å²) < 4.78 is 15.7.